The molecular weight excluding hydrogens is 711 g/mol. The number of benzene rings is 10. The Kier molecular flexibility index (Phi) is 9.68. The monoisotopic (exact) mass is 751 g/mol. The van der Waals surface area contributed by atoms with Crippen molar-refractivity contribution in [2.75, 3.05) is 4.90 Å². The van der Waals surface area contributed by atoms with Crippen LogP contribution in [-0.4, -0.2) is 0 Å². The van der Waals surface area contributed by atoms with E-state index in [1.54, 1.807) is 0 Å². The molecule has 59 heavy (non-hydrogen) atoms. The largest absolute Gasteiger partial charge is 0.310 e. The highest BCUT2D eigenvalue weighted by atomic mass is 15.1. The zero-order valence-electron chi connectivity index (χ0n) is 32.6. The van der Waals surface area contributed by atoms with Crippen LogP contribution in [0.5, 0.6) is 0 Å². The summed E-state index contributed by atoms with van der Waals surface area (Å²) in [5.74, 6) is 0. The third kappa shape index (κ3) is 7.34. The van der Waals surface area contributed by atoms with E-state index in [-0.39, 0.29) is 0 Å². The predicted octanol–water partition coefficient (Wildman–Crippen LogP) is 16.3. The second-order valence-corrected chi connectivity index (χ2v) is 14.9. The Bertz CT molecular complexity index is 3000. The van der Waals surface area contributed by atoms with Crippen molar-refractivity contribution in [3.8, 4) is 66.8 Å². The lowest BCUT2D eigenvalue weighted by Gasteiger charge is -2.26. The fraction of sp³-hybridized carbons (Fsp3) is 0. The summed E-state index contributed by atoms with van der Waals surface area (Å²) in [6.07, 6.45) is 0. The molecule has 0 aliphatic rings. The zero-order chi connectivity index (χ0) is 39.4. The summed E-state index contributed by atoms with van der Waals surface area (Å²) in [6.45, 7) is 0. The van der Waals surface area contributed by atoms with Crippen LogP contribution in [-0.2, 0) is 0 Å². The number of nitrogens with zero attached hydrogens (tertiary/aromatic N) is 1. The summed E-state index contributed by atoms with van der Waals surface area (Å²) >= 11 is 0. The Hall–Kier alpha value is -7.74. The predicted molar refractivity (Wildman–Crippen MR) is 251 cm³/mol. The van der Waals surface area contributed by atoms with Crippen molar-refractivity contribution >= 4 is 27.8 Å². The van der Waals surface area contributed by atoms with Crippen LogP contribution in [0.4, 0.5) is 17.1 Å². The summed E-state index contributed by atoms with van der Waals surface area (Å²) in [7, 11) is 0. The number of anilines is 3. The summed E-state index contributed by atoms with van der Waals surface area (Å²) in [4.78, 5) is 2.37. The van der Waals surface area contributed by atoms with Crippen LogP contribution < -0.4 is 4.90 Å². The Labute approximate surface area is 346 Å². The Morgan fingerprint density at radius 3 is 1.05 bits per heavy atom. The second-order valence-electron chi connectivity index (χ2n) is 14.9. The molecule has 0 saturated heterocycles. The lowest BCUT2D eigenvalue weighted by molar-refractivity contribution is 1.28. The van der Waals surface area contributed by atoms with Crippen LogP contribution >= 0.6 is 0 Å². The topological polar surface area (TPSA) is 3.24 Å². The van der Waals surface area contributed by atoms with Crippen LogP contribution in [0.2, 0.25) is 0 Å². The molecule has 0 aromatic heterocycles. The van der Waals surface area contributed by atoms with Gasteiger partial charge in [0.25, 0.3) is 0 Å². The van der Waals surface area contributed by atoms with Gasteiger partial charge in [-0.2, -0.15) is 0 Å². The maximum atomic E-state index is 2.37. The standard InChI is InChI=1S/C58H41N/c1-4-15-42(16-5-1)44-31-35-53(36-32-44)59(54-37-33-46(34-38-54)57-30-14-22-47-21-13-29-56(58(47)57)45-19-8-3-9-20-45)55-28-12-27-52(41-55)51-26-11-25-50(40-51)49-24-10-23-48(39-49)43-17-6-2-7-18-43/h1-41H. The van der Waals surface area contributed by atoms with Gasteiger partial charge < -0.3 is 4.90 Å². The van der Waals surface area contributed by atoms with Crippen molar-refractivity contribution < 1.29 is 0 Å². The molecule has 0 unspecified atom stereocenters. The van der Waals surface area contributed by atoms with Crippen LogP contribution in [0.1, 0.15) is 0 Å². The summed E-state index contributed by atoms with van der Waals surface area (Å²) in [6, 6.07) is 89.7. The van der Waals surface area contributed by atoms with Gasteiger partial charge in [0, 0.05) is 17.1 Å². The first-order valence-corrected chi connectivity index (χ1v) is 20.2. The molecule has 0 saturated carbocycles. The molecule has 0 atom stereocenters. The Morgan fingerprint density at radius 2 is 0.542 bits per heavy atom. The van der Waals surface area contributed by atoms with E-state index in [9.17, 15) is 0 Å². The lowest BCUT2D eigenvalue weighted by Crippen LogP contribution is -2.10. The molecule has 0 bridgehead atoms. The molecule has 1 heteroatoms. The maximum Gasteiger partial charge on any atom is 0.0467 e. The van der Waals surface area contributed by atoms with E-state index in [1.807, 2.05) is 0 Å². The highest BCUT2D eigenvalue weighted by molar-refractivity contribution is 6.06. The summed E-state index contributed by atoms with van der Waals surface area (Å²) in [5, 5.41) is 2.50. The van der Waals surface area contributed by atoms with Gasteiger partial charge in [0.2, 0.25) is 0 Å². The molecule has 10 aromatic carbocycles. The van der Waals surface area contributed by atoms with Gasteiger partial charge in [0.15, 0.2) is 0 Å². The molecule has 0 aliphatic heterocycles. The average Bonchev–Trinajstić information content (AvgIpc) is 3.33. The second kappa shape index (κ2) is 16.0. The fourth-order valence-electron chi connectivity index (χ4n) is 8.32. The summed E-state index contributed by atoms with van der Waals surface area (Å²) < 4.78 is 0. The number of hydrogen-bond acceptors (Lipinski definition) is 1. The van der Waals surface area contributed by atoms with Gasteiger partial charge >= 0.3 is 0 Å². The normalized spacial score (nSPS) is 11.1. The summed E-state index contributed by atoms with van der Waals surface area (Å²) in [5.41, 5.74) is 17.7. The minimum atomic E-state index is 1.09. The van der Waals surface area contributed by atoms with Crippen molar-refractivity contribution in [3.05, 3.63) is 249 Å². The fourth-order valence-corrected chi connectivity index (χ4v) is 8.32. The van der Waals surface area contributed by atoms with E-state index in [2.05, 4.69) is 254 Å². The molecule has 0 radical (unpaired) electrons. The highest BCUT2D eigenvalue weighted by Crippen LogP contribution is 2.41. The van der Waals surface area contributed by atoms with E-state index < -0.39 is 0 Å². The zero-order valence-corrected chi connectivity index (χ0v) is 32.6. The number of hydrogen-bond donors (Lipinski definition) is 0. The van der Waals surface area contributed by atoms with Crippen molar-refractivity contribution in [1.82, 2.24) is 0 Å². The van der Waals surface area contributed by atoms with E-state index >= 15 is 0 Å². The molecule has 1 nitrogen and oxygen atoms in total. The van der Waals surface area contributed by atoms with Crippen molar-refractivity contribution in [1.29, 1.82) is 0 Å². The van der Waals surface area contributed by atoms with Crippen LogP contribution in [0.3, 0.4) is 0 Å². The van der Waals surface area contributed by atoms with Crippen LogP contribution in [0.15, 0.2) is 249 Å². The van der Waals surface area contributed by atoms with Crippen LogP contribution in [0.25, 0.3) is 77.5 Å². The highest BCUT2D eigenvalue weighted by Gasteiger charge is 2.16. The van der Waals surface area contributed by atoms with E-state index in [1.165, 1.54) is 72.0 Å². The van der Waals surface area contributed by atoms with E-state index in [4.69, 9.17) is 0 Å². The minimum absolute atomic E-state index is 1.09. The molecule has 10 rings (SSSR count). The molecule has 0 amide bonds. The van der Waals surface area contributed by atoms with Gasteiger partial charge in [-0.15, -0.1) is 0 Å². The van der Waals surface area contributed by atoms with E-state index in [0.29, 0.717) is 0 Å². The molecule has 0 aliphatic carbocycles. The first-order chi connectivity index (χ1) is 29.2. The van der Waals surface area contributed by atoms with Gasteiger partial charge in [0.05, 0.1) is 0 Å². The average molecular weight is 752 g/mol. The molecular formula is C58H41N. The molecule has 0 spiro atoms. The van der Waals surface area contributed by atoms with Gasteiger partial charge in [-0.05, 0) is 126 Å². The quantitative estimate of drug-likeness (QED) is 0.142. The first kappa shape index (κ1) is 35.7. The molecule has 278 valence electrons. The Morgan fingerprint density at radius 1 is 0.203 bits per heavy atom. The van der Waals surface area contributed by atoms with Gasteiger partial charge in [-0.25, -0.2) is 0 Å². The van der Waals surface area contributed by atoms with Gasteiger partial charge in [-0.1, -0.05) is 200 Å². The van der Waals surface area contributed by atoms with Gasteiger partial charge in [-0.3, -0.25) is 0 Å². The number of fused-ring (bicyclic) bond motifs is 1. The number of rotatable bonds is 9. The van der Waals surface area contributed by atoms with Crippen molar-refractivity contribution in [2.45, 2.75) is 0 Å². The maximum absolute atomic E-state index is 2.37. The smallest absolute Gasteiger partial charge is 0.0467 e. The molecule has 0 heterocycles. The van der Waals surface area contributed by atoms with Crippen molar-refractivity contribution in [2.24, 2.45) is 0 Å². The molecule has 10 aromatic rings. The third-order valence-corrected chi connectivity index (χ3v) is 11.3. The van der Waals surface area contributed by atoms with Crippen LogP contribution in [0, 0.1) is 0 Å². The van der Waals surface area contributed by atoms with Crippen molar-refractivity contribution in [3.63, 3.8) is 0 Å². The molecule has 0 fully saturated rings. The van der Waals surface area contributed by atoms with E-state index in [0.717, 1.165) is 22.6 Å². The SMILES string of the molecule is c1ccc(-c2ccc(N(c3ccc(-c4cccc5cccc(-c6ccccc6)c45)cc3)c3cccc(-c4cccc(-c5cccc(-c6ccccc6)c5)c4)c3)cc2)cc1. The first-order valence-electron chi connectivity index (χ1n) is 20.2. The molecule has 0 N–H and O–H groups in total. The lowest BCUT2D eigenvalue weighted by atomic mass is 9.91. The minimum Gasteiger partial charge on any atom is -0.310 e. The Balaban J connectivity index is 1.04. The third-order valence-electron chi connectivity index (χ3n) is 11.3. The van der Waals surface area contributed by atoms with Gasteiger partial charge in [0.1, 0.15) is 0 Å².